The molecule has 0 atom stereocenters. The van der Waals surface area contributed by atoms with Gasteiger partial charge in [0.05, 0.1) is 5.69 Å². The third kappa shape index (κ3) is 5.23. The summed E-state index contributed by atoms with van der Waals surface area (Å²) in [6, 6.07) is 12.9. The molecule has 1 amide bonds. The van der Waals surface area contributed by atoms with Gasteiger partial charge in [0, 0.05) is 23.8 Å². The topological polar surface area (TPSA) is 69.3 Å². The minimum atomic E-state index is -0.225. The predicted molar refractivity (Wildman–Crippen MR) is 101 cm³/mol. The van der Waals surface area contributed by atoms with Crippen LogP contribution in [0.2, 0.25) is 0 Å². The maximum atomic E-state index is 12.1. The molecule has 0 aliphatic carbocycles. The minimum absolute atomic E-state index is 0.225. The average molecular weight is 418 g/mol. The molecule has 6 nitrogen and oxygen atoms in total. The number of amides is 1. The molecule has 7 heteroatoms. The van der Waals surface area contributed by atoms with Gasteiger partial charge in [0.2, 0.25) is 0 Å². The third-order valence-electron chi connectivity index (χ3n) is 3.70. The molecule has 136 valence electrons. The Kier molecular flexibility index (Phi) is 6.12. The number of aromatic nitrogens is 2. The average Bonchev–Trinajstić information content (AvgIpc) is 3.27. The largest absolute Gasteiger partial charge is 0.486 e. The van der Waals surface area contributed by atoms with Crippen molar-refractivity contribution >= 4 is 21.8 Å². The second kappa shape index (κ2) is 8.71. The summed E-state index contributed by atoms with van der Waals surface area (Å²) in [5.74, 6) is 1.40. The molecule has 1 aromatic carbocycles. The van der Waals surface area contributed by atoms with Crippen molar-refractivity contribution < 1.29 is 13.9 Å². The van der Waals surface area contributed by atoms with Gasteiger partial charge in [-0.05, 0) is 55.8 Å². The molecular formula is C19H20BrN3O3. The fourth-order valence-corrected chi connectivity index (χ4v) is 2.64. The summed E-state index contributed by atoms with van der Waals surface area (Å²) in [7, 11) is 0. The molecule has 0 saturated carbocycles. The summed E-state index contributed by atoms with van der Waals surface area (Å²) < 4.78 is 14.0. The van der Waals surface area contributed by atoms with E-state index in [4.69, 9.17) is 9.15 Å². The lowest BCUT2D eigenvalue weighted by atomic mass is 10.3. The van der Waals surface area contributed by atoms with Gasteiger partial charge in [-0.2, -0.15) is 5.10 Å². The summed E-state index contributed by atoms with van der Waals surface area (Å²) in [4.78, 5) is 12.1. The first-order valence-corrected chi connectivity index (χ1v) is 9.15. The molecule has 0 spiro atoms. The van der Waals surface area contributed by atoms with E-state index in [2.05, 4.69) is 26.3 Å². The maximum absolute atomic E-state index is 12.1. The zero-order valence-corrected chi connectivity index (χ0v) is 16.0. The lowest BCUT2D eigenvalue weighted by Gasteiger charge is -2.05. The van der Waals surface area contributed by atoms with Gasteiger partial charge in [-0.25, -0.2) is 0 Å². The Morgan fingerprint density at radius 2 is 2.04 bits per heavy atom. The van der Waals surface area contributed by atoms with E-state index >= 15 is 0 Å². The molecule has 0 fully saturated rings. The van der Waals surface area contributed by atoms with E-state index in [0.29, 0.717) is 12.3 Å². The van der Waals surface area contributed by atoms with Gasteiger partial charge in [-0.1, -0.05) is 15.9 Å². The van der Waals surface area contributed by atoms with Crippen molar-refractivity contribution in [2.75, 3.05) is 6.54 Å². The van der Waals surface area contributed by atoms with Gasteiger partial charge in [-0.15, -0.1) is 0 Å². The van der Waals surface area contributed by atoms with Crippen LogP contribution in [0.15, 0.2) is 57.6 Å². The molecule has 0 bridgehead atoms. The molecule has 26 heavy (non-hydrogen) atoms. The molecule has 0 saturated heterocycles. The number of ether oxygens (including phenoxy) is 1. The first-order valence-electron chi connectivity index (χ1n) is 8.35. The molecule has 3 rings (SSSR count). The van der Waals surface area contributed by atoms with Crippen LogP contribution in [0.25, 0.3) is 0 Å². The number of nitrogens with zero attached hydrogens (tertiary/aromatic N) is 2. The van der Waals surface area contributed by atoms with E-state index in [0.717, 1.165) is 28.9 Å². The van der Waals surface area contributed by atoms with Gasteiger partial charge >= 0.3 is 0 Å². The fraction of sp³-hybridized carbons (Fsp3) is 0.263. The van der Waals surface area contributed by atoms with Gasteiger partial charge in [-0.3, -0.25) is 9.48 Å². The molecule has 0 unspecified atom stereocenters. The number of aryl methyl sites for hydroxylation is 2. The lowest BCUT2D eigenvalue weighted by molar-refractivity contribution is 0.0921. The highest BCUT2D eigenvalue weighted by Crippen LogP contribution is 2.18. The van der Waals surface area contributed by atoms with E-state index in [-0.39, 0.29) is 18.3 Å². The molecule has 3 aromatic rings. The Morgan fingerprint density at radius 1 is 1.23 bits per heavy atom. The van der Waals surface area contributed by atoms with E-state index in [1.165, 1.54) is 0 Å². The standard InChI is InChI=1S/C19H20BrN3O3/c1-14-9-12-23(22-14)11-2-10-21-19(24)18-8-7-17(26-18)13-25-16-5-3-15(20)4-6-16/h3-9,12H,2,10-11,13H2,1H3,(H,21,24). The molecule has 1 N–H and O–H groups in total. The number of carbonyl (C=O) groups is 1. The van der Waals surface area contributed by atoms with Crippen molar-refractivity contribution in [1.82, 2.24) is 15.1 Å². The molecule has 2 heterocycles. The quantitative estimate of drug-likeness (QED) is 0.563. The smallest absolute Gasteiger partial charge is 0.286 e. The summed E-state index contributed by atoms with van der Waals surface area (Å²) in [5.41, 5.74) is 0.988. The van der Waals surface area contributed by atoms with E-state index in [1.807, 2.05) is 48.1 Å². The zero-order chi connectivity index (χ0) is 18.4. The molecule has 2 aromatic heterocycles. The number of benzene rings is 1. The van der Waals surface area contributed by atoms with Gasteiger partial charge < -0.3 is 14.5 Å². The Bertz CT molecular complexity index is 855. The second-order valence-electron chi connectivity index (χ2n) is 5.84. The minimum Gasteiger partial charge on any atom is -0.486 e. The van der Waals surface area contributed by atoms with Crippen LogP contribution in [0.3, 0.4) is 0 Å². The number of hydrogen-bond acceptors (Lipinski definition) is 4. The van der Waals surface area contributed by atoms with E-state index < -0.39 is 0 Å². The Labute approximate surface area is 160 Å². The molecule has 0 aliphatic heterocycles. The summed E-state index contributed by atoms with van der Waals surface area (Å²) in [6.07, 6.45) is 2.73. The van der Waals surface area contributed by atoms with Crippen LogP contribution in [0.1, 0.15) is 28.4 Å². The predicted octanol–water partition coefficient (Wildman–Crippen LogP) is 3.95. The first kappa shape index (κ1) is 18.3. The number of halogens is 1. The van der Waals surface area contributed by atoms with Crippen LogP contribution in [0.4, 0.5) is 0 Å². The molecule has 0 radical (unpaired) electrons. The van der Waals surface area contributed by atoms with Crippen LogP contribution in [-0.2, 0) is 13.2 Å². The number of hydrogen-bond donors (Lipinski definition) is 1. The monoisotopic (exact) mass is 417 g/mol. The van der Waals surface area contributed by atoms with Crippen molar-refractivity contribution in [3.8, 4) is 5.75 Å². The molecule has 0 aliphatic rings. The summed E-state index contributed by atoms with van der Waals surface area (Å²) in [5, 5.41) is 7.16. The Balaban J connectivity index is 1.41. The molecular weight excluding hydrogens is 398 g/mol. The van der Waals surface area contributed by atoms with Crippen LogP contribution in [-0.4, -0.2) is 22.2 Å². The normalized spacial score (nSPS) is 10.7. The number of carbonyl (C=O) groups excluding carboxylic acids is 1. The van der Waals surface area contributed by atoms with Crippen molar-refractivity contribution in [3.63, 3.8) is 0 Å². The second-order valence-corrected chi connectivity index (χ2v) is 6.75. The van der Waals surface area contributed by atoms with Gasteiger partial charge in [0.15, 0.2) is 5.76 Å². The Morgan fingerprint density at radius 3 is 2.77 bits per heavy atom. The SMILES string of the molecule is Cc1ccn(CCCNC(=O)c2ccc(COc3ccc(Br)cc3)o2)n1. The van der Waals surface area contributed by atoms with E-state index in [1.54, 1.807) is 12.1 Å². The summed E-state index contributed by atoms with van der Waals surface area (Å²) >= 11 is 3.38. The van der Waals surface area contributed by atoms with Crippen LogP contribution in [0.5, 0.6) is 5.75 Å². The van der Waals surface area contributed by atoms with Crippen molar-refractivity contribution in [1.29, 1.82) is 0 Å². The highest BCUT2D eigenvalue weighted by atomic mass is 79.9. The first-order chi connectivity index (χ1) is 12.6. The number of furan rings is 1. The zero-order valence-electron chi connectivity index (χ0n) is 14.4. The third-order valence-corrected chi connectivity index (χ3v) is 4.23. The van der Waals surface area contributed by atoms with Crippen molar-refractivity contribution in [2.45, 2.75) is 26.5 Å². The van der Waals surface area contributed by atoms with Crippen LogP contribution < -0.4 is 10.1 Å². The van der Waals surface area contributed by atoms with E-state index in [9.17, 15) is 4.79 Å². The lowest BCUT2D eigenvalue weighted by Crippen LogP contribution is -2.24. The highest BCUT2D eigenvalue weighted by Gasteiger charge is 2.11. The maximum Gasteiger partial charge on any atom is 0.286 e. The Hall–Kier alpha value is -2.54. The number of nitrogens with one attached hydrogen (secondary N) is 1. The van der Waals surface area contributed by atoms with Crippen LogP contribution in [0, 0.1) is 6.92 Å². The van der Waals surface area contributed by atoms with Crippen LogP contribution >= 0.6 is 15.9 Å². The van der Waals surface area contributed by atoms with Crippen molar-refractivity contribution in [2.24, 2.45) is 0 Å². The van der Waals surface area contributed by atoms with Gasteiger partial charge in [0.1, 0.15) is 18.1 Å². The number of rotatable bonds is 8. The van der Waals surface area contributed by atoms with Crippen molar-refractivity contribution in [3.05, 3.63) is 70.3 Å². The fourth-order valence-electron chi connectivity index (χ4n) is 2.38. The highest BCUT2D eigenvalue weighted by molar-refractivity contribution is 9.10. The summed E-state index contributed by atoms with van der Waals surface area (Å²) in [6.45, 7) is 3.54. The van der Waals surface area contributed by atoms with Gasteiger partial charge in [0.25, 0.3) is 5.91 Å².